The van der Waals surface area contributed by atoms with Gasteiger partial charge < -0.3 is 15.3 Å². The fourth-order valence-electron chi connectivity index (χ4n) is 2.51. The third-order valence-electron chi connectivity index (χ3n) is 3.81. The Hall–Kier alpha value is -2.01. The molecule has 0 amide bonds. The molecular formula is C17H16N4O3S3. The van der Waals surface area contributed by atoms with Crippen LogP contribution < -0.4 is 5.73 Å². The minimum atomic E-state index is -0.440. The molecule has 3 aromatic rings. The lowest BCUT2D eigenvalue weighted by Gasteiger charge is -2.20. The maximum Gasteiger partial charge on any atom is 0.250 e. The van der Waals surface area contributed by atoms with Gasteiger partial charge in [0.05, 0.1) is 16.8 Å². The van der Waals surface area contributed by atoms with E-state index in [0.717, 1.165) is 41.2 Å². The summed E-state index contributed by atoms with van der Waals surface area (Å²) < 4.78 is 7.18. The molecule has 1 aliphatic rings. The second-order valence-electron chi connectivity index (χ2n) is 5.75. The van der Waals surface area contributed by atoms with Crippen LogP contribution in [0.1, 0.15) is 25.0 Å². The highest BCUT2D eigenvalue weighted by atomic mass is 32.2. The van der Waals surface area contributed by atoms with Gasteiger partial charge in [-0.05, 0) is 36.7 Å². The predicted octanol–water partition coefficient (Wildman–Crippen LogP) is 3.90. The Morgan fingerprint density at radius 2 is 2.22 bits per heavy atom. The standard InChI is InChI=1S/C17H16N4O3S3/c18-16-19-11(9-25-16)14(21-24-13-7-3-4-8-23-13)15(22)27-17-20-10-5-1-2-6-12(10)26-17/h1-2,5-6,9,13H,3-4,7-8H2,(H2,18,19)/b21-14-. The Labute approximate surface area is 167 Å². The Morgan fingerprint density at radius 1 is 1.33 bits per heavy atom. The number of carbonyl (C=O) groups is 1. The number of nitrogen functional groups attached to an aromatic ring is 1. The number of nitrogens with two attached hydrogens (primary N) is 1. The molecule has 0 radical (unpaired) electrons. The third-order valence-corrected chi connectivity index (χ3v) is 6.46. The van der Waals surface area contributed by atoms with Crippen LogP contribution in [0.3, 0.4) is 0 Å². The first kappa shape index (κ1) is 18.4. The highest BCUT2D eigenvalue weighted by Gasteiger charge is 2.23. The van der Waals surface area contributed by atoms with Crippen molar-refractivity contribution in [3.8, 4) is 0 Å². The normalized spacial score (nSPS) is 17.9. The van der Waals surface area contributed by atoms with Gasteiger partial charge in [0.2, 0.25) is 11.4 Å². The summed E-state index contributed by atoms with van der Waals surface area (Å²) in [6.07, 6.45) is 2.32. The fraction of sp³-hybridized carbons (Fsp3) is 0.294. The smallest absolute Gasteiger partial charge is 0.250 e. The second-order valence-corrected chi connectivity index (χ2v) is 8.89. The number of ether oxygens (including phenoxy) is 1. The monoisotopic (exact) mass is 420 g/mol. The number of fused-ring (bicyclic) bond motifs is 1. The van der Waals surface area contributed by atoms with Crippen LogP contribution in [0.25, 0.3) is 10.2 Å². The van der Waals surface area contributed by atoms with Crippen molar-refractivity contribution < 1.29 is 14.4 Å². The molecule has 7 nitrogen and oxygen atoms in total. The molecule has 0 aliphatic carbocycles. The number of carbonyl (C=O) groups excluding carboxylic acids is 1. The van der Waals surface area contributed by atoms with Gasteiger partial charge in [0, 0.05) is 11.8 Å². The predicted molar refractivity (Wildman–Crippen MR) is 108 cm³/mol. The fourth-order valence-corrected chi connectivity index (χ4v) is 4.96. The zero-order valence-corrected chi connectivity index (χ0v) is 16.6. The van der Waals surface area contributed by atoms with Crippen LogP contribution in [0.5, 0.6) is 0 Å². The first-order chi connectivity index (χ1) is 13.2. The molecule has 1 unspecified atom stereocenters. The summed E-state index contributed by atoms with van der Waals surface area (Å²) in [6, 6.07) is 7.75. The number of para-hydroxylation sites is 1. The largest absolute Gasteiger partial charge is 0.375 e. The highest BCUT2D eigenvalue weighted by molar-refractivity contribution is 8.16. The van der Waals surface area contributed by atoms with Crippen LogP contribution in [0.4, 0.5) is 5.13 Å². The number of rotatable bonds is 5. The van der Waals surface area contributed by atoms with Crippen molar-refractivity contribution in [2.45, 2.75) is 29.9 Å². The Bertz CT molecular complexity index is 946. The zero-order valence-electron chi connectivity index (χ0n) is 14.2. The van der Waals surface area contributed by atoms with Gasteiger partial charge in [0.1, 0.15) is 5.69 Å². The molecule has 1 fully saturated rings. The molecule has 27 heavy (non-hydrogen) atoms. The van der Waals surface area contributed by atoms with Crippen molar-refractivity contribution in [1.82, 2.24) is 9.97 Å². The number of aromatic nitrogens is 2. The Balaban J connectivity index is 1.55. The number of oxime groups is 1. The first-order valence-electron chi connectivity index (χ1n) is 8.33. The van der Waals surface area contributed by atoms with Crippen molar-refractivity contribution in [1.29, 1.82) is 0 Å². The molecule has 1 aliphatic heterocycles. The summed E-state index contributed by atoms with van der Waals surface area (Å²) in [5, 5.41) is 5.83. The second kappa shape index (κ2) is 8.34. The Morgan fingerprint density at radius 3 is 2.96 bits per heavy atom. The topological polar surface area (TPSA) is 99.7 Å². The minimum absolute atomic E-state index is 0.112. The summed E-state index contributed by atoms with van der Waals surface area (Å²) >= 11 is 3.71. The lowest BCUT2D eigenvalue weighted by atomic mass is 10.2. The SMILES string of the molecule is Nc1nc(/C(=N/OC2CCCCO2)C(=O)Sc2nc3ccccc3s2)cs1. The van der Waals surface area contributed by atoms with Crippen molar-refractivity contribution in [2.75, 3.05) is 12.3 Å². The van der Waals surface area contributed by atoms with Crippen LogP contribution in [-0.4, -0.2) is 33.7 Å². The summed E-state index contributed by atoms with van der Waals surface area (Å²) in [7, 11) is 0. The number of benzene rings is 1. The quantitative estimate of drug-likeness (QED) is 0.379. The molecule has 0 bridgehead atoms. The lowest BCUT2D eigenvalue weighted by molar-refractivity contribution is -0.162. The molecule has 1 saturated heterocycles. The third kappa shape index (κ3) is 4.46. The van der Waals surface area contributed by atoms with E-state index in [1.807, 2.05) is 24.3 Å². The average molecular weight is 421 g/mol. The molecule has 10 heteroatoms. The molecule has 3 heterocycles. The Kier molecular flexibility index (Phi) is 5.67. The number of nitrogens with zero attached hydrogens (tertiary/aromatic N) is 3. The number of anilines is 1. The van der Waals surface area contributed by atoms with Gasteiger partial charge in [-0.3, -0.25) is 4.79 Å². The van der Waals surface area contributed by atoms with Crippen LogP contribution in [0.2, 0.25) is 0 Å². The van der Waals surface area contributed by atoms with Gasteiger partial charge in [-0.25, -0.2) is 9.97 Å². The maximum atomic E-state index is 12.9. The van der Waals surface area contributed by atoms with Gasteiger partial charge in [0.25, 0.3) is 0 Å². The molecule has 1 atom stereocenters. The van der Waals surface area contributed by atoms with E-state index in [4.69, 9.17) is 15.3 Å². The molecule has 1 aromatic carbocycles. The first-order valence-corrected chi connectivity index (χ1v) is 10.8. The van der Waals surface area contributed by atoms with Crippen molar-refractivity contribution >= 4 is 60.6 Å². The molecule has 2 aromatic heterocycles. The van der Waals surface area contributed by atoms with Crippen LogP contribution >= 0.6 is 34.4 Å². The average Bonchev–Trinajstić information content (AvgIpc) is 3.28. The zero-order chi connectivity index (χ0) is 18.6. The van der Waals surface area contributed by atoms with E-state index in [1.54, 1.807) is 5.38 Å². The summed E-state index contributed by atoms with van der Waals surface area (Å²) in [4.78, 5) is 27.0. The van der Waals surface area contributed by atoms with Crippen LogP contribution in [0.15, 0.2) is 39.1 Å². The van der Waals surface area contributed by atoms with Gasteiger partial charge in [-0.1, -0.05) is 17.3 Å². The summed E-state index contributed by atoms with van der Waals surface area (Å²) in [5.74, 6) is 0. The number of hydrogen-bond donors (Lipinski definition) is 1. The number of thiazole rings is 2. The molecule has 0 saturated carbocycles. The lowest BCUT2D eigenvalue weighted by Crippen LogP contribution is -2.22. The van der Waals surface area contributed by atoms with Crippen molar-refractivity contribution in [3.05, 3.63) is 35.3 Å². The molecule has 140 valence electrons. The van der Waals surface area contributed by atoms with E-state index in [0.29, 0.717) is 21.8 Å². The molecule has 0 spiro atoms. The van der Waals surface area contributed by atoms with Gasteiger partial charge in [-0.15, -0.1) is 22.7 Å². The summed E-state index contributed by atoms with van der Waals surface area (Å²) in [5.41, 5.74) is 7.09. The number of hydrogen-bond acceptors (Lipinski definition) is 10. The van der Waals surface area contributed by atoms with E-state index in [1.165, 1.54) is 22.7 Å². The highest BCUT2D eigenvalue weighted by Crippen LogP contribution is 2.31. The maximum absolute atomic E-state index is 12.9. The van der Waals surface area contributed by atoms with E-state index >= 15 is 0 Å². The van der Waals surface area contributed by atoms with Gasteiger partial charge in [-0.2, -0.15) is 0 Å². The van der Waals surface area contributed by atoms with E-state index in [9.17, 15) is 4.79 Å². The minimum Gasteiger partial charge on any atom is -0.375 e. The van der Waals surface area contributed by atoms with Crippen molar-refractivity contribution in [3.63, 3.8) is 0 Å². The van der Waals surface area contributed by atoms with E-state index < -0.39 is 6.29 Å². The van der Waals surface area contributed by atoms with E-state index in [2.05, 4.69) is 15.1 Å². The molecule has 4 rings (SSSR count). The number of thioether (sulfide) groups is 1. The van der Waals surface area contributed by atoms with Gasteiger partial charge in [0.15, 0.2) is 15.2 Å². The van der Waals surface area contributed by atoms with Gasteiger partial charge >= 0.3 is 0 Å². The molecular weight excluding hydrogens is 404 g/mol. The molecule has 2 N–H and O–H groups in total. The van der Waals surface area contributed by atoms with E-state index in [-0.39, 0.29) is 10.8 Å². The van der Waals surface area contributed by atoms with Crippen molar-refractivity contribution in [2.24, 2.45) is 5.16 Å². The summed E-state index contributed by atoms with van der Waals surface area (Å²) in [6.45, 7) is 0.633. The van der Waals surface area contributed by atoms with Crippen LogP contribution in [0, 0.1) is 0 Å². The van der Waals surface area contributed by atoms with Crippen LogP contribution in [-0.2, 0) is 14.4 Å².